The highest BCUT2D eigenvalue weighted by atomic mass is 35.5. The summed E-state index contributed by atoms with van der Waals surface area (Å²) >= 11 is 5.95. The maximum absolute atomic E-state index is 12.0. The molecule has 2 aromatic rings. The van der Waals surface area contributed by atoms with Crippen molar-refractivity contribution < 1.29 is 4.79 Å². The Labute approximate surface area is 117 Å². The Hall–Kier alpha value is -1.87. The number of pyridine rings is 1. The first-order chi connectivity index (χ1) is 9.06. The third-order valence-electron chi connectivity index (χ3n) is 2.86. The lowest BCUT2D eigenvalue weighted by Gasteiger charge is -2.09. The van der Waals surface area contributed by atoms with Crippen molar-refractivity contribution in [1.82, 2.24) is 4.98 Å². The number of rotatable bonds is 3. The molecule has 0 radical (unpaired) electrons. The van der Waals surface area contributed by atoms with E-state index in [0.717, 1.165) is 16.7 Å². The Kier molecular flexibility index (Phi) is 4.17. The number of carbonyl (C=O) groups is 1. The molecule has 0 atom stereocenters. The summed E-state index contributed by atoms with van der Waals surface area (Å²) < 4.78 is 0. The normalized spacial score (nSPS) is 10.3. The van der Waals surface area contributed by atoms with Gasteiger partial charge in [0.25, 0.3) is 0 Å². The Morgan fingerprint density at radius 2 is 2.05 bits per heavy atom. The molecule has 1 heterocycles. The maximum Gasteiger partial charge on any atom is 0.228 e. The van der Waals surface area contributed by atoms with E-state index in [9.17, 15) is 4.79 Å². The number of nitrogens with zero attached hydrogens (tertiary/aromatic N) is 1. The van der Waals surface area contributed by atoms with Crippen molar-refractivity contribution in [3.8, 4) is 0 Å². The first-order valence-corrected chi connectivity index (χ1v) is 6.40. The van der Waals surface area contributed by atoms with Crippen LogP contribution in [0.1, 0.15) is 16.7 Å². The summed E-state index contributed by atoms with van der Waals surface area (Å²) in [6.07, 6.45) is 2.00. The van der Waals surface area contributed by atoms with E-state index >= 15 is 0 Å². The van der Waals surface area contributed by atoms with E-state index in [1.54, 1.807) is 6.20 Å². The highest BCUT2D eigenvalue weighted by molar-refractivity contribution is 6.32. The fourth-order valence-corrected chi connectivity index (χ4v) is 1.97. The summed E-state index contributed by atoms with van der Waals surface area (Å²) in [5, 5.41) is 3.10. The van der Waals surface area contributed by atoms with Crippen LogP contribution in [0.3, 0.4) is 0 Å². The van der Waals surface area contributed by atoms with E-state index in [-0.39, 0.29) is 5.91 Å². The predicted octanol–water partition coefficient (Wildman–Crippen LogP) is 3.53. The second-order valence-electron chi connectivity index (χ2n) is 4.50. The van der Waals surface area contributed by atoms with Gasteiger partial charge in [0, 0.05) is 6.20 Å². The molecular formula is C15H15ClN2O. The van der Waals surface area contributed by atoms with Gasteiger partial charge in [-0.2, -0.15) is 0 Å². The van der Waals surface area contributed by atoms with Gasteiger partial charge >= 0.3 is 0 Å². The smallest absolute Gasteiger partial charge is 0.228 e. The zero-order chi connectivity index (χ0) is 13.8. The van der Waals surface area contributed by atoms with Gasteiger partial charge in [-0.25, -0.2) is 4.98 Å². The topological polar surface area (TPSA) is 42.0 Å². The van der Waals surface area contributed by atoms with Crippen LogP contribution in [0.4, 0.5) is 5.69 Å². The molecule has 1 aromatic heterocycles. The Bertz CT molecular complexity index is 611. The predicted molar refractivity (Wildman–Crippen MR) is 77.5 cm³/mol. The van der Waals surface area contributed by atoms with Gasteiger partial charge in [0.05, 0.1) is 12.1 Å². The molecule has 3 nitrogen and oxygen atoms in total. The molecule has 2 rings (SSSR count). The van der Waals surface area contributed by atoms with Crippen molar-refractivity contribution in [3.05, 3.63) is 58.4 Å². The number of halogens is 1. The molecule has 0 saturated carbocycles. The number of amides is 1. The minimum Gasteiger partial charge on any atom is -0.323 e. The molecule has 0 aliphatic carbocycles. The van der Waals surface area contributed by atoms with Crippen molar-refractivity contribution in [2.24, 2.45) is 0 Å². The molecule has 0 aliphatic heterocycles. The molecule has 0 aliphatic rings. The number of anilines is 1. The third-order valence-corrected chi connectivity index (χ3v) is 3.16. The fraction of sp³-hybridized carbons (Fsp3) is 0.200. The molecule has 98 valence electrons. The third kappa shape index (κ3) is 3.55. The molecule has 19 heavy (non-hydrogen) atoms. The summed E-state index contributed by atoms with van der Waals surface area (Å²) in [6.45, 7) is 3.89. The standard InChI is InChI=1S/C15H15ClN2O/c1-10-7-13(15(16)17-9-10)18-14(19)8-12-6-4-3-5-11(12)2/h3-7,9H,8H2,1-2H3,(H,18,19). The summed E-state index contributed by atoms with van der Waals surface area (Å²) in [6, 6.07) is 9.63. The number of aromatic nitrogens is 1. The SMILES string of the molecule is Cc1cnc(Cl)c(NC(=O)Cc2ccccc2C)c1. The molecule has 0 saturated heterocycles. The lowest BCUT2D eigenvalue weighted by Crippen LogP contribution is -2.15. The average molecular weight is 275 g/mol. The first kappa shape index (κ1) is 13.6. The highest BCUT2D eigenvalue weighted by Gasteiger charge is 2.09. The monoisotopic (exact) mass is 274 g/mol. The van der Waals surface area contributed by atoms with Gasteiger partial charge in [-0.3, -0.25) is 4.79 Å². The molecule has 1 N–H and O–H groups in total. The van der Waals surface area contributed by atoms with Crippen LogP contribution in [-0.2, 0) is 11.2 Å². The summed E-state index contributed by atoms with van der Waals surface area (Å²) in [5.74, 6) is -0.0939. The van der Waals surface area contributed by atoms with Crippen molar-refractivity contribution >= 4 is 23.2 Å². The van der Waals surface area contributed by atoms with Gasteiger partial charge in [0.1, 0.15) is 0 Å². The molecule has 1 amide bonds. The van der Waals surface area contributed by atoms with Crippen LogP contribution in [-0.4, -0.2) is 10.9 Å². The zero-order valence-electron chi connectivity index (χ0n) is 10.9. The molecule has 1 aromatic carbocycles. The second kappa shape index (κ2) is 5.85. The van der Waals surface area contributed by atoms with Gasteiger partial charge in [0.2, 0.25) is 5.91 Å². The number of nitrogens with one attached hydrogen (secondary N) is 1. The van der Waals surface area contributed by atoms with E-state index in [4.69, 9.17) is 11.6 Å². The number of hydrogen-bond acceptors (Lipinski definition) is 2. The number of benzene rings is 1. The Morgan fingerprint density at radius 1 is 1.32 bits per heavy atom. The summed E-state index contributed by atoms with van der Waals surface area (Å²) in [7, 11) is 0. The van der Waals surface area contributed by atoms with Crippen molar-refractivity contribution in [1.29, 1.82) is 0 Å². The first-order valence-electron chi connectivity index (χ1n) is 6.03. The second-order valence-corrected chi connectivity index (χ2v) is 4.86. The molecule has 0 bridgehead atoms. The van der Waals surface area contributed by atoms with Crippen LogP contribution >= 0.6 is 11.6 Å². The van der Waals surface area contributed by atoms with Gasteiger partial charge in [-0.05, 0) is 36.6 Å². The largest absolute Gasteiger partial charge is 0.323 e. The minimum atomic E-state index is -0.0939. The van der Waals surface area contributed by atoms with Crippen LogP contribution in [0.5, 0.6) is 0 Å². The van der Waals surface area contributed by atoms with Crippen molar-refractivity contribution in [3.63, 3.8) is 0 Å². The number of aryl methyl sites for hydroxylation is 2. The molecule has 0 unspecified atom stereocenters. The van der Waals surface area contributed by atoms with Gasteiger partial charge in [0.15, 0.2) is 5.15 Å². The maximum atomic E-state index is 12.0. The van der Waals surface area contributed by atoms with Crippen LogP contribution in [0.15, 0.2) is 36.5 Å². The fourth-order valence-electron chi connectivity index (χ4n) is 1.82. The van der Waals surface area contributed by atoms with Gasteiger partial charge < -0.3 is 5.32 Å². The summed E-state index contributed by atoms with van der Waals surface area (Å²) in [4.78, 5) is 16.0. The highest BCUT2D eigenvalue weighted by Crippen LogP contribution is 2.20. The van der Waals surface area contributed by atoms with Gasteiger partial charge in [-0.15, -0.1) is 0 Å². The van der Waals surface area contributed by atoms with Crippen molar-refractivity contribution in [2.45, 2.75) is 20.3 Å². The summed E-state index contributed by atoms with van der Waals surface area (Å²) in [5.41, 5.74) is 3.62. The molecule has 0 spiro atoms. The van der Waals surface area contributed by atoms with E-state index in [1.165, 1.54) is 0 Å². The molecule has 0 fully saturated rings. The van der Waals surface area contributed by atoms with E-state index in [1.807, 2.05) is 44.2 Å². The Balaban J connectivity index is 2.10. The average Bonchev–Trinajstić information content (AvgIpc) is 2.37. The van der Waals surface area contributed by atoms with Gasteiger partial charge in [-0.1, -0.05) is 35.9 Å². The molecule has 4 heteroatoms. The minimum absolute atomic E-state index is 0.0939. The van der Waals surface area contributed by atoms with Crippen molar-refractivity contribution in [2.75, 3.05) is 5.32 Å². The lowest BCUT2D eigenvalue weighted by molar-refractivity contribution is -0.115. The number of carbonyl (C=O) groups excluding carboxylic acids is 1. The van der Waals surface area contributed by atoms with E-state index in [2.05, 4.69) is 10.3 Å². The van der Waals surface area contributed by atoms with Crippen LogP contribution in [0.2, 0.25) is 5.15 Å². The lowest BCUT2D eigenvalue weighted by atomic mass is 10.1. The van der Waals surface area contributed by atoms with Crippen LogP contribution in [0, 0.1) is 13.8 Å². The van der Waals surface area contributed by atoms with E-state index < -0.39 is 0 Å². The quantitative estimate of drug-likeness (QED) is 0.870. The number of hydrogen-bond donors (Lipinski definition) is 1. The molecular weight excluding hydrogens is 260 g/mol. The Morgan fingerprint density at radius 3 is 2.79 bits per heavy atom. The van der Waals surface area contributed by atoms with Crippen LogP contribution in [0.25, 0.3) is 0 Å². The van der Waals surface area contributed by atoms with Crippen LogP contribution < -0.4 is 5.32 Å². The zero-order valence-corrected chi connectivity index (χ0v) is 11.7. The van der Waals surface area contributed by atoms with E-state index in [0.29, 0.717) is 17.3 Å².